The predicted octanol–water partition coefficient (Wildman–Crippen LogP) is 2.85. The number of nitrogens with zero attached hydrogens (tertiary/aromatic N) is 1. The molecule has 4 nitrogen and oxygen atoms in total. The van der Waals surface area contributed by atoms with Crippen LogP contribution in [-0.4, -0.2) is 24.9 Å². The smallest absolute Gasteiger partial charge is 0.242 e. The fourth-order valence-electron chi connectivity index (χ4n) is 3.65. The van der Waals surface area contributed by atoms with Gasteiger partial charge in [0.15, 0.2) is 0 Å². The summed E-state index contributed by atoms with van der Waals surface area (Å²) in [6.45, 7) is 0.952. The van der Waals surface area contributed by atoms with E-state index in [0.29, 0.717) is 37.9 Å². The Morgan fingerprint density at radius 2 is 1.81 bits per heavy atom. The lowest BCUT2D eigenvalue weighted by atomic mass is 10.0. The van der Waals surface area contributed by atoms with Crippen molar-refractivity contribution in [2.45, 2.75) is 25.7 Å². The minimum Gasteiger partial charge on any atom is -0.355 e. The molecule has 1 N–H and O–H groups in total. The van der Waals surface area contributed by atoms with Crippen LogP contribution in [0.3, 0.4) is 0 Å². The summed E-state index contributed by atoms with van der Waals surface area (Å²) in [6.07, 6.45) is 2.40. The summed E-state index contributed by atoms with van der Waals surface area (Å²) >= 11 is 0. The molecule has 1 aliphatic heterocycles. The summed E-state index contributed by atoms with van der Waals surface area (Å²) < 4.78 is 13.7. The lowest BCUT2D eigenvalue weighted by Crippen LogP contribution is -2.45. The van der Waals surface area contributed by atoms with Gasteiger partial charge in [-0.1, -0.05) is 36.4 Å². The van der Waals surface area contributed by atoms with Crippen LogP contribution >= 0.6 is 0 Å². The molecule has 1 heterocycles. The molecule has 1 fully saturated rings. The normalized spacial score (nSPS) is 16.9. The average Bonchev–Trinajstić information content (AvgIpc) is 3.36. The molecule has 4 rings (SSSR count). The van der Waals surface area contributed by atoms with Crippen LogP contribution in [0.1, 0.15) is 24.0 Å². The number of para-hydroxylation sites is 1. The molecule has 0 radical (unpaired) electrons. The third-order valence-electron chi connectivity index (χ3n) is 5.36. The van der Waals surface area contributed by atoms with Crippen LogP contribution in [0.4, 0.5) is 10.1 Å². The summed E-state index contributed by atoms with van der Waals surface area (Å²) in [6, 6.07) is 14.4. The zero-order valence-electron chi connectivity index (χ0n) is 14.5. The lowest BCUT2D eigenvalue weighted by Gasteiger charge is -2.23. The summed E-state index contributed by atoms with van der Waals surface area (Å²) in [7, 11) is 0. The highest BCUT2D eigenvalue weighted by Crippen LogP contribution is 2.49. The summed E-state index contributed by atoms with van der Waals surface area (Å²) in [5.74, 6) is -0.610. The van der Waals surface area contributed by atoms with Crippen molar-refractivity contribution in [3.8, 4) is 0 Å². The number of halogens is 1. The standard InChI is InChI=1S/C21H21FN2O2/c22-17-7-3-1-5-15(17)9-13-23-19(25)21(11-12-21)20(26)24-14-10-16-6-2-4-8-18(16)24/h1-8H,9-14H2,(H,23,25). The molecule has 1 aliphatic carbocycles. The number of anilines is 1. The van der Waals surface area contributed by atoms with Crippen LogP contribution < -0.4 is 10.2 Å². The molecule has 0 saturated heterocycles. The molecule has 0 unspecified atom stereocenters. The van der Waals surface area contributed by atoms with Crippen molar-refractivity contribution in [2.75, 3.05) is 18.0 Å². The second-order valence-electron chi connectivity index (χ2n) is 7.01. The largest absolute Gasteiger partial charge is 0.355 e. The first-order chi connectivity index (χ1) is 12.6. The number of hydrogen-bond donors (Lipinski definition) is 1. The van der Waals surface area contributed by atoms with Gasteiger partial charge in [0, 0.05) is 18.8 Å². The van der Waals surface area contributed by atoms with E-state index < -0.39 is 5.41 Å². The molecule has 0 atom stereocenters. The van der Waals surface area contributed by atoms with Gasteiger partial charge in [-0.3, -0.25) is 9.59 Å². The Morgan fingerprint density at radius 1 is 1.08 bits per heavy atom. The van der Waals surface area contributed by atoms with Gasteiger partial charge in [0.25, 0.3) is 0 Å². The van der Waals surface area contributed by atoms with Crippen molar-refractivity contribution >= 4 is 17.5 Å². The van der Waals surface area contributed by atoms with Gasteiger partial charge in [-0.05, 0) is 48.9 Å². The van der Waals surface area contributed by atoms with E-state index in [4.69, 9.17) is 0 Å². The van der Waals surface area contributed by atoms with E-state index in [1.807, 2.05) is 24.3 Å². The molecule has 0 spiro atoms. The third-order valence-corrected chi connectivity index (χ3v) is 5.36. The number of amides is 2. The molecule has 2 amide bonds. The van der Waals surface area contributed by atoms with Gasteiger partial charge in [-0.2, -0.15) is 0 Å². The molecule has 2 aliphatic rings. The second kappa shape index (κ2) is 6.56. The highest BCUT2D eigenvalue weighted by atomic mass is 19.1. The van der Waals surface area contributed by atoms with Crippen molar-refractivity contribution in [3.63, 3.8) is 0 Å². The molecule has 134 valence electrons. The molecule has 0 bridgehead atoms. The Hall–Kier alpha value is -2.69. The molecular weight excluding hydrogens is 331 g/mol. The molecule has 1 saturated carbocycles. The lowest BCUT2D eigenvalue weighted by molar-refractivity contribution is -0.135. The minimum absolute atomic E-state index is 0.106. The zero-order chi connectivity index (χ0) is 18.1. The fourth-order valence-corrected chi connectivity index (χ4v) is 3.65. The van der Waals surface area contributed by atoms with E-state index >= 15 is 0 Å². The Kier molecular flexibility index (Phi) is 4.23. The van der Waals surface area contributed by atoms with E-state index in [-0.39, 0.29) is 17.6 Å². The van der Waals surface area contributed by atoms with Crippen LogP contribution in [0, 0.1) is 11.2 Å². The first-order valence-corrected chi connectivity index (χ1v) is 9.03. The van der Waals surface area contributed by atoms with Gasteiger partial charge < -0.3 is 10.2 Å². The van der Waals surface area contributed by atoms with E-state index in [1.165, 1.54) is 6.07 Å². The Labute approximate surface area is 152 Å². The van der Waals surface area contributed by atoms with E-state index in [0.717, 1.165) is 17.7 Å². The van der Waals surface area contributed by atoms with Crippen molar-refractivity contribution in [1.29, 1.82) is 0 Å². The van der Waals surface area contributed by atoms with Crippen LogP contribution in [0.5, 0.6) is 0 Å². The van der Waals surface area contributed by atoms with Gasteiger partial charge in [-0.15, -0.1) is 0 Å². The van der Waals surface area contributed by atoms with E-state index in [2.05, 4.69) is 5.32 Å². The van der Waals surface area contributed by atoms with Crippen molar-refractivity contribution in [1.82, 2.24) is 5.32 Å². The topological polar surface area (TPSA) is 49.4 Å². The van der Waals surface area contributed by atoms with Crippen molar-refractivity contribution in [3.05, 3.63) is 65.5 Å². The van der Waals surface area contributed by atoms with Gasteiger partial charge in [0.05, 0.1) is 0 Å². The third kappa shape index (κ3) is 2.87. The first-order valence-electron chi connectivity index (χ1n) is 9.03. The van der Waals surface area contributed by atoms with E-state index in [9.17, 15) is 14.0 Å². The number of carbonyl (C=O) groups is 2. The second-order valence-corrected chi connectivity index (χ2v) is 7.01. The van der Waals surface area contributed by atoms with Crippen LogP contribution in [0.2, 0.25) is 0 Å². The van der Waals surface area contributed by atoms with Crippen molar-refractivity contribution in [2.24, 2.45) is 5.41 Å². The fraction of sp³-hybridized carbons (Fsp3) is 0.333. The van der Waals surface area contributed by atoms with Crippen LogP contribution in [-0.2, 0) is 22.4 Å². The Bertz CT molecular complexity index is 861. The number of carbonyl (C=O) groups excluding carboxylic acids is 2. The maximum atomic E-state index is 13.7. The molecule has 2 aromatic carbocycles. The quantitative estimate of drug-likeness (QED) is 0.842. The average molecular weight is 352 g/mol. The zero-order valence-corrected chi connectivity index (χ0v) is 14.5. The first kappa shape index (κ1) is 16.8. The summed E-state index contributed by atoms with van der Waals surface area (Å²) in [5.41, 5.74) is 1.70. The number of benzene rings is 2. The van der Waals surface area contributed by atoms with Gasteiger partial charge >= 0.3 is 0 Å². The van der Waals surface area contributed by atoms with Gasteiger partial charge in [0.2, 0.25) is 11.8 Å². The van der Waals surface area contributed by atoms with Crippen LogP contribution in [0.15, 0.2) is 48.5 Å². The highest BCUT2D eigenvalue weighted by molar-refractivity contribution is 6.14. The predicted molar refractivity (Wildman–Crippen MR) is 97.3 cm³/mol. The highest BCUT2D eigenvalue weighted by Gasteiger charge is 2.58. The number of hydrogen-bond acceptors (Lipinski definition) is 2. The maximum absolute atomic E-state index is 13.7. The Balaban J connectivity index is 1.40. The Morgan fingerprint density at radius 3 is 2.58 bits per heavy atom. The van der Waals surface area contributed by atoms with E-state index in [1.54, 1.807) is 23.1 Å². The monoisotopic (exact) mass is 352 g/mol. The summed E-state index contributed by atoms with van der Waals surface area (Å²) in [5, 5.41) is 2.84. The molecule has 0 aromatic heterocycles. The molecular formula is C21H21FN2O2. The maximum Gasteiger partial charge on any atom is 0.242 e. The van der Waals surface area contributed by atoms with Crippen LogP contribution in [0.25, 0.3) is 0 Å². The number of fused-ring (bicyclic) bond motifs is 1. The van der Waals surface area contributed by atoms with Gasteiger partial charge in [0.1, 0.15) is 11.2 Å². The number of rotatable bonds is 5. The molecule has 2 aromatic rings. The SMILES string of the molecule is O=C(NCCc1ccccc1F)C1(C(=O)N2CCc3ccccc32)CC1. The molecule has 26 heavy (non-hydrogen) atoms. The van der Waals surface area contributed by atoms with Crippen molar-refractivity contribution < 1.29 is 14.0 Å². The number of nitrogens with one attached hydrogen (secondary N) is 1. The molecule has 5 heteroatoms. The summed E-state index contributed by atoms with van der Waals surface area (Å²) in [4.78, 5) is 27.4. The van der Waals surface area contributed by atoms with Gasteiger partial charge in [-0.25, -0.2) is 4.39 Å². The minimum atomic E-state index is -0.938.